The predicted octanol–water partition coefficient (Wildman–Crippen LogP) is 2.82. The first kappa shape index (κ1) is 12.4. The summed E-state index contributed by atoms with van der Waals surface area (Å²) < 4.78 is 7.56. The van der Waals surface area contributed by atoms with Gasteiger partial charge in [-0.25, -0.2) is 0 Å². The molecule has 0 aromatic carbocycles. The molecule has 1 aromatic rings. The topological polar surface area (TPSA) is 27.1 Å². The van der Waals surface area contributed by atoms with Crippen molar-refractivity contribution in [3.8, 4) is 5.75 Å². The van der Waals surface area contributed by atoms with E-state index in [0.29, 0.717) is 0 Å². The van der Waals surface area contributed by atoms with Crippen LogP contribution in [0, 0.1) is 13.8 Å². The van der Waals surface area contributed by atoms with Crippen molar-refractivity contribution < 1.29 is 4.74 Å². The van der Waals surface area contributed by atoms with Gasteiger partial charge in [0.25, 0.3) is 0 Å². The molecule has 0 aliphatic heterocycles. The third-order valence-corrected chi connectivity index (χ3v) is 2.73. The molecule has 0 radical (unpaired) electrons. The average molecular weight is 231 g/mol. The second kappa shape index (κ2) is 6.01. The van der Waals surface area contributed by atoms with Crippen LogP contribution in [0.1, 0.15) is 30.7 Å². The van der Waals surface area contributed by atoms with E-state index in [1.54, 1.807) is 0 Å². The summed E-state index contributed by atoms with van der Waals surface area (Å²) in [4.78, 5) is 0. The third-order valence-electron chi connectivity index (χ3n) is 2.47. The number of alkyl halides is 1. The van der Waals surface area contributed by atoms with E-state index in [0.717, 1.165) is 48.9 Å². The van der Waals surface area contributed by atoms with Gasteiger partial charge in [0, 0.05) is 12.9 Å². The fourth-order valence-electron chi connectivity index (χ4n) is 1.51. The van der Waals surface area contributed by atoms with E-state index in [1.807, 2.05) is 25.6 Å². The summed E-state index contributed by atoms with van der Waals surface area (Å²) in [5.74, 6) is 1.67. The van der Waals surface area contributed by atoms with Crippen LogP contribution in [0.5, 0.6) is 5.75 Å². The second-order valence-electron chi connectivity index (χ2n) is 3.72. The SMILES string of the molecule is Cc1nn(C)c(C)c1OCCCCCCl. The standard InChI is InChI=1S/C11H19ClN2O/c1-9-11(10(2)14(3)13-9)15-8-6-4-5-7-12/h4-8H2,1-3H3. The predicted molar refractivity (Wildman–Crippen MR) is 62.7 cm³/mol. The van der Waals surface area contributed by atoms with Crippen molar-refractivity contribution in [2.24, 2.45) is 7.05 Å². The Hall–Kier alpha value is -0.700. The van der Waals surface area contributed by atoms with Crippen LogP contribution in [-0.4, -0.2) is 22.3 Å². The highest BCUT2D eigenvalue weighted by Crippen LogP contribution is 2.21. The largest absolute Gasteiger partial charge is 0.490 e. The summed E-state index contributed by atoms with van der Waals surface area (Å²) in [5, 5.41) is 4.30. The number of hydrogen-bond donors (Lipinski definition) is 0. The molecule has 0 bridgehead atoms. The van der Waals surface area contributed by atoms with Gasteiger partial charge in [-0.1, -0.05) is 0 Å². The molecule has 0 N–H and O–H groups in total. The second-order valence-corrected chi connectivity index (χ2v) is 4.10. The first-order valence-electron chi connectivity index (χ1n) is 5.35. The normalized spacial score (nSPS) is 10.7. The van der Waals surface area contributed by atoms with Gasteiger partial charge in [-0.15, -0.1) is 11.6 Å². The lowest BCUT2D eigenvalue weighted by atomic mass is 10.2. The van der Waals surface area contributed by atoms with Crippen LogP contribution in [0.4, 0.5) is 0 Å². The molecule has 15 heavy (non-hydrogen) atoms. The molecular formula is C11H19ClN2O. The number of hydrogen-bond acceptors (Lipinski definition) is 2. The minimum absolute atomic E-state index is 0.741. The van der Waals surface area contributed by atoms with Crippen molar-refractivity contribution in [3.05, 3.63) is 11.4 Å². The molecule has 1 aromatic heterocycles. The highest BCUT2D eigenvalue weighted by molar-refractivity contribution is 6.17. The maximum atomic E-state index is 5.71. The van der Waals surface area contributed by atoms with Gasteiger partial charge in [-0.05, 0) is 33.1 Å². The van der Waals surface area contributed by atoms with E-state index < -0.39 is 0 Å². The Morgan fingerprint density at radius 1 is 1.27 bits per heavy atom. The summed E-state index contributed by atoms with van der Waals surface area (Å²) in [6.07, 6.45) is 3.25. The lowest BCUT2D eigenvalue weighted by Crippen LogP contribution is -1.99. The van der Waals surface area contributed by atoms with Crippen molar-refractivity contribution in [2.45, 2.75) is 33.1 Å². The molecule has 86 valence electrons. The van der Waals surface area contributed by atoms with Gasteiger partial charge in [-0.3, -0.25) is 4.68 Å². The summed E-state index contributed by atoms with van der Waals surface area (Å²) in [6, 6.07) is 0. The quantitative estimate of drug-likeness (QED) is 0.555. The smallest absolute Gasteiger partial charge is 0.162 e. The minimum Gasteiger partial charge on any atom is -0.490 e. The molecule has 1 rings (SSSR count). The average Bonchev–Trinajstić information content (AvgIpc) is 2.44. The Morgan fingerprint density at radius 2 is 2.00 bits per heavy atom. The van der Waals surface area contributed by atoms with Crippen LogP contribution >= 0.6 is 11.6 Å². The molecule has 4 heteroatoms. The Kier molecular flexibility index (Phi) is 4.95. The molecule has 0 aliphatic carbocycles. The van der Waals surface area contributed by atoms with E-state index in [-0.39, 0.29) is 0 Å². The maximum Gasteiger partial charge on any atom is 0.162 e. The number of rotatable bonds is 6. The lowest BCUT2D eigenvalue weighted by molar-refractivity contribution is 0.302. The molecule has 0 aliphatic rings. The first-order chi connectivity index (χ1) is 7.16. The molecule has 0 unspecified atom stereocenters. The highest BCUT2D eigenvalue weighted by atomic mass is 35.5. The highest BCUT2D eigenvalue weighted by Gasteiger charge is 2.09. The molecule has 0 amide bonds. The minimum atomic E-state index is 0.741. The van der Waals surface area contributed by atoms with Gasteiger partial charge >= 0.3 is 0 Å². The van der Waals surface area contributed by atoms with Gasteiger partial charge in [0.05, 0.1) is 12.3 Å². The molecule has 0 saturated carbocycles. The fraction of sp³-hybridized carbons (Fsp3) is 0.727. The molecule has 0 fully saturated rings. The van der Waals surface area contributed by atoms with Crippen LogP contribution in [0.25, 0.3) is 0 Å². The molecule has 0 saturated heterocycles. The van der Waals surface area contributed by atoms with E-state index in [4.69, 9.17) is 16.3 Å². The van der Waals surface area contributed by atoms with Crippen LogP contribution in [0.15, 0.2) is 0 Å². The van der Waals surface area contributed by atoms with Crippen LogP contribution in [0.3, 0.4) is 0 Å². The Morgan fingerprint density at radius 3 is 2.53 bits per heavy atom. The van der Waals surface area contributed by atoms with Crippen molar-refractivity contribution >= 4 is 11.6 Å². The van der Waals surface area contributed by atoms with E-state index in [2.05, 4.69) is 5.10 Å². The number of aromatic nitrogens is 2. The van der Waals surface area contributed by atoms with E-state index in [1.165, 1.54) is 0 Å². The number of halogens is 1. The van der Waals surface area contributed by atoms with Crippen molar-refractivity contribution in [2.75, 3.05) is 12.5 Å². The van der Waals surface area contributed by atoms with Gasteiger partial charge in [-0.2, -0.15) is 5.10 Å². The Labute approximate surface area is 96.4 Å². The van der Waals surface area contributed by atoms with Crippen LogP contribution in [0.2, 0.25) is 0 Å². The molecule has 0 spiro atoms. The maximum absolute atomic E-state index is 5.71. The van der Waals surface area contributed by atoms with Gasteiger partial charge in [0.1, 0.15) is 5.69 Å². The van der Waals surface area contributed by atoms with Gasteiger partial charge in [0.15, 0.2) is 5.75 Å². The lowest BCUT2D eigenvalue weighted by Gasteiger charge is -2.05. The molecule has 0 atom stereocenters. The number of aryl methyl sites for hydroxylation is 2. The zero-order valence-corrected chi connectivity index (χ0v) is 10.5. The Bertz CT molecular complexity index is 310. The summed E-state index contributed by atoms with van der Waals surface area (Å²) >= 11 is 5.60. The first-order valence-corrected chi connectivity index (χ1v) is 5.89. The van der Waals surface area contributed by atoms with Crippen molar-refractivity contribution in [1.82, 2.24) is 9.78 Å². The fourth-order valence-corrected chi connectivity index (χ4v) is 1.70. The number of unbranched alkanes of at least 4 members (excludes halogenated alkanes) is 2. The molecule has 3 nitrogen and oxygen atoms in total. The monoisotopic (exact) mass is 230 g/mol. The summed E-state index contributed by atoms with van der Waals surface area (Å²) in [5.41, 5.74) is 2.05. The van der Waals surface area contributed by atoms with E-state index >= 15 is 0 Å². The third kappa shape index (κ3) is 3.42. The van der Waals surface area contributed by atoms with Crippen molar-refractivity contribution in [3.63, 3.8) is 0 Å². The number of ether oxygens (including phenoxy) is 1. The zero-order valence-electron chi connectivity index (χ0n) is 9.72. The van der Waals surface area contributed by atoms with Gasteiger partial charge < -0.3 is 4.74 Å². The molecule has 1 heterocycles. The molecular weight excluding hydrogens is 212 g/mol. The summed E-state index contributed by atoms with van der Waals surface area (Å²) in [7, 11) is 1.93. The van der Waals surface area contributed by atoms with Crippen LogP contribution in [-0.2, 0) is 7.05 Å². The summed E-state index contributed by atoms with van der Waals surface area (Å²) in [6.45, 7) is 4.75. The van der Waals surface area contributed by atoms with Gasteiger partial charge in [0.2, 0.25) is 0 Å². The van der Waals surface area contributed by atoms with E-state index in [9.17, 15) is 0 Å². The van der Waals surface area contributed by atoms with Crippen molar-refractivity contribution in [1.29, 1.82) is 0 Å². The number of nitrogens with zero attached hydrogens (tertiary/aromatic N) is 2. The van der Waals surface area contributed by atoms with Crippen LogP contribution < -0.4 is 4.74 Å². The zero-order chi connectivity index (χ0) is 11.3. The Balaban J connectivity index is 2.37.